The number of benzene rings is 1. The van der Waals surface area contributed by atoms with Gasteiger partial charge in [-0.25, -0.2) is 0 Å². The van der Waals surface area contributed by atoms with Crippen LogP contribution < -0.4 is 0 Å². The number of ether oxygens (including phenoxy) is 2. The van der Waals surface area contributed by atoms with E-state index < -0.39 is 0 Å². The maximum Gasteiger partial charge on any atom is 0.249 e. The fraction of sp³-hybridized carbons (Fsp3) is 0.600. The van der Waals surface area contributed by atoms with E-state index >= 15 is 0 Å². The molecule has 0 aliphatic carbocycles. The zero-order valence-corrected chi connectivity index (χ0v) is 15.2. The number of carbonyl (C=O) groups excluding carboxylic acids is 2. The Bertz CT molecular complexity index is 686. The van der Waals surface area contributed by atoms with Crippen molar-refractivity contribution in [2.75, 3.05) is 32.9 Å². The smallest absolute Gasteiger partial charge is 0.249 e. The van der Waals surface area contributed by atoms with Crippen LogP contribution in [-0.2, 0) is 25.5 Å². The van der Waals surface area contributed by atoms with Crippen molar-refractivity contribution in [2.24, 2.45) is 0 Å². The van der Waals surface area contributed by atoms with E-state index in [0.717, 1.165) is 24.0 Å². The van der Waals surface area contributed by atoms with Crippen LogP contribution in [0.3, 0.4) is 0 Å². The molecule has 0 unspecified atom stereocenters. The second kappa shape index (κ2) is 7.37. The predicted octanol–water partition coefficient (Wildman–Crippen LogP) is 1.15. The molecular weight excluding hydrogens is 332 g/mol. The molecule has 0 N–H and O–H groups in total. The zero-order chi connectivity index (χ0) is 18.1. The van der Waals surface area contributed by atoms with E-state index in [1.54, 1.807) is 0 Å². The normalized spacial score (nSPS) is 26.9. The van der Waals surface area contributed by atoms with E-state index in [1.165, 1.54) is 0 Å². The summed E-state index contributed by atoms with van der Waals surface area (Å²) >= 11 is 0. The van der Waals surface area contributed by atoms with Crippen LogP contribution in [0.15, 0.2) is 24.3 Å². The van der Waals surface area contributed by atoms with Crippen molar-refractivity contribution < 1.29 is 19.1 Å². The Balaban J connectivity index is 1.46. The lowest BCUT2D eigenvalue weighted by Gasteiger charge is -2.43. The molecule has 2 amide bonds. The van der Waals surface area contributed by atoms with Crippen molar-refractivity contribution in [1.82, 2.24) is 9.80 Å². The highest BCUT2D eigenvalue weighted by atomic mass is 16.5. The predicted molar refractivity (Wildman–Crippen MR) is 95.7 cm³/mol. The number of morpholine rings is 1. The molecule has 3 heterocycles. The van der Waals surface area contributed by atoms with Gasteiger partial charge in [0.1, 0.15) is 6.61 Å². The second-order valence-corrected chi connectivity index (χ2v) is 7.46. The number of fused-ring (bicyclic) bond motifs is 1. The van der Waals surface area contributed by atoms with Crippen LogP contribution >= 0.6 is 0 Å². The van der Waals surface area contributed by atoms with E-state index in [0.29, 0.717) is 32.7 Å². The summed E-state index contributed by atoms with van der Waals surface area (Å²) in [5.74, 6) is 0.156. The lowest BCUT2D eigenvalue weighted by atomic mass is 10.0. The summed E-state index contributed by atoms with van der Waals surface area (Å²) in [5.41, 5.74) is 2.19. The van der Waals surface area contributed by atoms with Gasteiger partial charge in [0.05, 0.1) is 18.6 Å². The molecule has 3 saturated heterocycles. The third-order valence-corrected chi connectivity index (χ3v) is 5.84. The first kappa shape index (κ1) is 17.5. The Hall–Kier alpha value is -1.92. The van der Waals surface area contributed by atoms with Gasteiger partial charge in [0.2, 0.25) is 11.8 Å². The zero-order valence-electron chi connectivity index (χ0n) is 15.2. The number of rotatable bonds is 3. The highest BCUT2D eigenvalue weighted by Gasteiger charge is 2.46. The SMILES string of the molecule is Cc1ccccc1CC(=O)N1C[C@@H]2OCC(=O)N(C3CCOCC3)[C@H]2C1. The number of carbonyl (C=O) groups is 2. The van der Waals surface area contributed by atoms with Crippen LogP contribution in [0.2, 0.25) is 0 Å². The van der Waals surface area contributed by atoms with E-state index in [1.807, 2.05) is 41.0 Å². The number of nitrogens with zero attached hydrogens (tertiary/aromatic N) is 2. The van der Waals surface area contributed by atoms with Gasteiger partial charge in [-0.2, -0.15) is 0 Å². The highest BCUT2D eigenvalue weighted by molar-refractivity contribution is 5.81. The molecule has 1 aromatic carbocycles. The minimum absolute atomic E-state index is 0.0276. The number of amides is 2. The van der Waals surface area contributed by atoms with Gasteiger partial charge in [0, 0.05) is 32.3 Å². The van der Waals surface area contributed by atoms with Crippen molar-refractivity contribution >= 4 is 11.8 Å². The Morgan fingerprint density at radius 2 is 1.96 bits per heavy atom. The lowest BCUT2D eigenvalue weighted by molar-refractivity contribution is -0.159. The topological polar surface area (TPSA) is 59.1 Å². The molecule has 6 nitrogen and oxygen atoms in total. The summed E-state index contributed by atoms with van der Waals surface area (Å²) in [7, 11) is 0. The Kier molecular flexibility index (Phi) is 4.96. The van der Waals surface area contributed by atoms with Gasteiger partial charge in [-0.1, -0.05) is 24.3 Å². The summed E-state index contributed by atoms with van der Waals surface area (Å²) in [6.07, 6.45) is 2.06. The first-order valence-electron chi connectivity index (χ1n) is 9.46. The van der Waals surface area contributed by atoms with Crippen LogP contribution in [0.25, 0.3) is 0 Å². The molecule has 3 fully saturated rings. The molecule has 1 aromatic rings. The van der Waals surface area contributed by atoms with Gasteiger partial charge >= 0.3 is 0 Å². The molecule has 140 valence electrons. The minimum atomic E-state index is -0.0728. The minimum Gasteiger partial charge on any atom is -0.381 e. The molecule has 0 saturated carbocycles. The van der Waals surface area contributed by atoms with Gasteiger partial charge < -0.3 is 19.3 Å². The summed E-state index contributed by atoms with van der Waals surface area (Å²) in [6.45, 7) is 4.69. The molecule has 0 aromatic heterocycles. The Labute approximate surface area is 154 Å². The van der Waals surface area contributed by atoms with E-state index in [2.05, 4.69) is 0 Å². The Morgan fingerprint density at radius 1 is 1.19 bits per heavy atom. The molecule has 3 aliphatic rings. The lowest BCUT2D eigenvalue weighted by Crippen LogP contribution is -2.58. The molecule has 0 radical (unpaired) electrons. The van der Waals surface area contributed by atoms with Crippen molar-refractivity contribution in [1.29, 1.82) is 0 Å². The van der Waals surface area contributed by atoms with Crippen molar-refractivity contribution in [3.8, 4) is 0 Å². The number of aryl methyl sites for hydroxylation is 1. The van der Waals surface area contributed by atoms with Crippen LogP contribution in [0.5, 0.6) is 0 Å². The number of likely N-dealkylation sites (tertiary alicyclic amines) is 1. The monoisotopic (exact) mass is 358 g/mol. The number of hydrogen-bond acceptors (Lipinski definition) is 4. The van der Waals surface area contributed by atoms with Crippen LogP contribution in [0.4, 0.5) is 0 Å². The largest absolute Gasteiger partial charge is 0.381 e. The first-order chi connectivity index (χ1) is 12.6. The average molecular weight is 358 g/mol. The fourth-order valence-electron chi connectivity index (χ4n) is 4.35. The van der Waals surface area contributed by atoms with Crippen LogP contribution in [-0.4, -0.2) is 72.7 Å². The maximum atomic E-state index is 12.8. The summed E-state index contributed by atoms with van der Waals surface area (Å²) in [5, 5.41) is 0. The third kappa shape index (κ3) is 3.35. The van der Waals surface area contributed by atoms with Gasteiger partial charge in [-0.05, 0) is 30.9 Å². The second-order valence-electron chi connectivity index (χ2n) is 7.46. The molecule has 0 spiro atoms. The van der Waals surface area contributed by atoms with Crippen LogP contribution in [0.1, 0.15) is 24.0 Å². The molecule has 4 rings (SSSR count). The van der Waals surface area contributed by atoms with Crippen molar-refractivity contribution in [3.63, 3.8) is 0 Å². The third-order valence-electron chi connectivity index (χ3n) is 5.84. The molecule has 26 heavy (non-hydrogen) atoms. The van der Waals surface area contributed by atoms with E-state index in [4.69, 9.17) is 9.47 Å². The average Bonchev–Trinajstić information content (AvgIpc) is 3.08. The van der Waals surface area contributed by atoms with Crippen molar-refractivity contribution in [3.05, 3.63) is 35.4 Å². The molecule has 3 aliphatic heterocycles. The van der Waals surface area contributed by atoms with E-state index in [-0.39, 0.29) is 36.6 Å². The molecule has 2 atom stereocenters. The van der Waals surface area contributed by atoms with Gasteiger partial charge in [-0.3, -0.25) is 9.59 Å². The summed E-state index contributed by atoms with van der Waals surface area (Å²) in [4.78, 5) is 29.2. The fourth-order valence-corrected chi connectivity index (χ4v) is 4.35. The standard InChI is InChI=1S/C20H26N2O4/c1-14-4-2-3-5-15(14)10-19(23)21-11-17-18(12-21)26-13-20(24)22(17)16-6-8-25-9-7-16/h2-5,16-18H,6-13H2,1H3/t17-,18-/m0/s1. The molecular formula is C20H26N2O4. The maximum absolute atomic E-state index is 12.8. The summed E-state index contributed by atoms with van der Waals surface area (Å²) in [6, 6.07) is 8.16. The highest BCUT2D eigenvalue weighted by Crippen LogP contribution is 2.29. The first-order valence-corrected chi connectivity index (χ1v) is 9.46. The van der Waals surface area contributed by atoms with Gasteiger partial charge in [0.25, 0.3) is 0 Å². The van der Waals surface area contributed by atoms with Gasteiger partial charge in [-0.15, -0.1) is 0 Å². The van der Waals surface area contributed by atoms with Crippen molar-refractivity contribution in [2.45, 2.75) is 44.4 Å². The summed E-state index contributed by atoms with van der Waals surface area (Å²) < 4.78 is 11.2. The van der Waals surface area contributed by atoms with Crippen LogP contribution in [0, 0.1) is 6.92 Å². The number of hydrogen-bond donors (Lipinski definition) is 0. The molecule has 0 bridgehead atoms. The molecule has 6 heteroatoms. The Morgan fingerprint density at radius 3 is 2.73 bits per heavy atom. The van der Waals surface area contributed by atoms with Gasteiger partial charge in [0.15, 0.2) is 0 Å². The van der Waals surface area contributed by atoms with E-state index in [9.17, 15) is 9.59 Å². The quantitative estimate of drug-likeness (QED) is 0.813.